The third-order valence-electron chi connectivity index (χ3n) is 18.6. The first-order valence-electron chi connectivity index (χ1n) is 40.3. The van der Waals surface area contributed by atoms with E-state index in [0.717, 1.165) is 71.1 Å². The third-order valence-corrected chi connectivity index (χ3v) is 18.6. The number of carbonyl (C=O) groups is 8. The van der Waals surface area contributed by atoms with Gasteiger partial charge in [-0.15, -0.1) is 5.10 Å². The molecule has 622 valence electrons. The number of hydrogen-bond donors (Lipinski definition) is 9. The van der Waals surface area contributed by atoms with Crippen LogP contribution in [0.1, 0.15) is 226 Å². The number of esters is 3. The van der Waals surface area contributed by atoms with Crippen LogP contribution in [0.15, 0.2) is 6.20 Å². The second kappa shape index (κ2) is 63.5. The van der Waals surface area contributed by atoms with Crippen molar-refractivity contribution < 1.29 is 71.5 Å². The number of carbonyl (C=O) groups excluding carboxylic acids is 8. The number of amides is 5. The Balaban J connectivity index is 3.28. The number of nitrogens with zero attached hydrogens (tertiary/aromatic N) is 7. The molecule has 0 saturated carbocycles. The number of nitrogens with one attached hydrogen (secondary N) is 5. The SMILES string of the molecule is CCCCCCCCCCCCCCCCCCCCCCC(=O)NCCCn1cc(COC(=O)C(C)(COC(=O)C(C)(COC(=O)NCCCN(C)CCCN)COC(=O)NCCCN(C)CCCN)COC(=O)C(C)(COC(=O)NCCCN(C)CCCN)COC(=O)NCCCN(C)CCCN)nn1. The van der Waals surface area contributed by atoms with Crippen molar-refractivity contribution >= 4 is 48.2 Å². The van der Waals surface area contributed by atoms with Crippen LogP contribution in [0.2, 0.25) is 0 Å². The monoisotopic (exact) mass is 1530 g/mol. The summed E-state index contributed by atoms with van der Waals surface area (Å²) in [6, 6.07) is 0. The predicted octanol–water partition coefficient (Wildman–Crippen LogP) is 7.73. The summed E-state index contributed by atoms with van der Waals surface area (Å²) in [5.41, 5.74) is 17.1. The van der Waals surface area contributed by atoms with E-state index in [-0.39, 0.29) is 37.8 Å². The number of alkyl carbamates (subject to hydrolysis) is 4. The summed E-state index contributed by atoms with van der Waals surface area (Å²) in [4.78, 5) is 117. The lowest BCUT2D eigenvalue weighted by molar-refractivity contribution is -0.179. The van der Waals surface area contributed by atoms with Gasteiger partial charge in [-0.3, -0.25) is 23.9 Å². The number of rotatable bonds is 70. The standard InChI is InChI=1S/C76H148N16O15/c1-9-10-11-12-13-14-15-16-17-18-19-20-21-22-23-24-25-26-27-28-38-66(93)81-43-37-56-92-57-65(86-87-92)58-101-67(94)74(2,59-102-68(95)75(3,61-104-70(97)82-44-33-52-88(5)48-29-39-77)62-105-71(98)83-45-34-53-89(6)49-30-40-78)60-103-69(96)76(4,63-106-72(99)84-46-35-54-90(7)50-31-41-79)64-107-73(100)85-47-36-55-91(8)51-32-42-80/h57H,9-56,58-64,77-80H2,1-8H3,(H,81,93)(H,82,97)(H,83,98)(H,84,99)(H,85,100). The predicted molar refractivity (Wildman–Crippen MR) is 417 cm³/mol. The highest BCUT2D eigenvalue weighted by atomic mass is 16.6. The summed E-state index contributed by atoms with van der Waals surface area (Å²) < 4.78 is 41.4. The molecule has 1 heterocycles. The molecule has 5 amide bonds. The molecular weight excluding hydrogens is 1380 g/mol. The molecule has 0 spiro atoms. The Morgan fingerprint density at radius 2 is 0.636 bits per heavy atom. The molecule has 0 aliphatic rings. The molecule has 0 aromatic carbocycles. The molecule has 13 N–H and O–H groups in total. The summed E-state index contributed by atoms with van der Waals surface area (Å²) in [6.45, 7) is 11.3. The molecule has 0 unspecified atom stereocenters. The summed E-state index contributed by atoms with van der Waals surface area (Å²) >= 11 is 0. The van der Waals surface area contributed by atoms with Crippen LogP contribution in [0.5, 0.6) is 0 Å². The van der Waals surface area contributed by atoms with Gasteiger partial charge in [0.15, 0.2) is 0 Å². The number of nitrogens with two attached hydrogens (primary N) is 4. The Morgan fingerprint density at radius 3 is 0.944 bits per heavy atom. The van der Waals surface area contributed by atoms with Crippen molar-refractivity contribution in [1.29, 1.82) is 0 Å². The van der Waals surface area contributed by atoms with Crippen molar-refractivity contribution in [3.05, 3.63) is 11.9 Å². The highest BCUT2D eigenvalue weighted by Crippen LogP contribution is 2.29. The van der Waals surface area contributed by atoms with Gasteiger partial charge in [-0.05, 0) is 192 Å². The van der Waals surface area contributed by atoms with Crippen molar-refractivity contribution in [2.75, 3.05) is 179 Å². The topological polar surface area (TPSA) is 409 Å². The Kier molecular flexibility index (Phi) is 58.7. The lowest BCUT2D eigenvalue weighted by atomic mass is 9.90. The van der Waals surface area contributed by atoms with E-state index in [4.69, 9.17) is 56.1 Å². The lowest BCUT2D eigenvalue weighted by Gasteiger charge is -2.32. The Hall–Kier alpha value is -6.22. The van der Waals surface area contributed by atoms with Gasteiger partial charge in [-0.2, -0.15) is 0 Å². The van der Waals surface area contributed by atoms with Crippen LogP contribution >= 0.6 is 0 Å². The molecule has 0 saturated heterocycles. The van der Waals surface area contributed by atoms with Crippen molar-refractivity contribution in [3.63, 3.8) is 0 Å². The van der Waals surface area contributed by atoms with E-state index in [2.05, 4.69) is 63.4 Å². The van der Waals surface area contributed by atoms with Gasteiger partial charge in [0.2, 0.25) is 5.91 Å². The van der Waals surface area contributed by atoms with Gasteiger partial charge in [0.05, 0.1) is 6.20 Å². The summed E-state index contributed by atoms with van der Waals surface area (Å²) in [7, 11) is 7.77. The van der Waals surface area contributed by atoms with Crippen molar-refractivity contribution in [2.24, 2.45) is 39.2 Å². The minimum atomic E-state index is -2.02. The molecule has 0 aliphatic heterocycles. The minimum absolute atomic E-state index is 0.00513. The average Bonchev–Trinajstić information content (AvgIpc) is 0.962. The molecule has 0 radical (unpaired) electrons. The van der Waals surface area contributed by atoms with Crippen LogP contribution in [0.4, 0.5) is 19.2 Å². The largest absolute Gasteiger partial charge is 0.464 e. The summed E-state index contributed by atoms with van der Waals surface area (Å²) in [5, 5.41) is 22.1. The zero-order chi connectivity index (χ0) is 79.1. The Bertz CT molecular complexity index is 2310. The number of hydrogen-bond acceptors (Lipinski definition) is 25. The Morgan fingerprint density at radius 1 is 0.364 bits per heavy atom. The molecule has 0 fully saturated rings. The van der Waals surface area contributed by atoms with Crippen LogP contribution in [0.25, 0.3) is 0 Å². The van der Waals surface area contributed by atoms with E-state index in [1.807, 2.05) is 28.2 Å². The number of aryl methyl sites for hydroxylation is 1. The van der Waals surface area contributed by atoms with Crippen LogP contribution in [0, 0.1) is 16.2 Å². The van der Waals surface area contributed by atoms with Crippen molar-refractivity contribution in [2.45, 2.75) is 233 Å². The van der Waals surface area contributed by atoms with Crippen LogP contribution in [-0.4, -0.2) is 262 Å². The van der Waals surface area contributed by atoms with Gasteiger partial charge in [-0.1, -0.05) is 134 Å². The zero-order valence-corrected chi connectivity index (χ0v) is 67.5. The van der Waals surface area contributed by atoms with Crippen LogP contribution in [-0.2, 0) is 65.5 Å². The third kappa shape index (κ3) is 52.5. The second-order valence-corrected chi connectivity index (χ2v) is 29.8. The van der Waals surface area contributed by atoms with Gasteiger partial charge in [0.25, 0.3) is 0 Å². The quantitative estimate of drug-likeness (QED) is 0.0171. The zero-order valence-electron chi connectivity index (χ0n) is 67.5. The van der Waals surface area contributed by atoms with Gasteiger partial charge >= 0.3 is 42.3 Å². The van der Waals surface area contributed by atoms with E-state index in [9.17, 15) is 38.4 Å². The molecule has 0 atom stereocenters. The highest BCUT2D eigenvalue weighted by Gasteiger charge is 2.46. The molecule has 1 aromatic heterocycles. The van der Waals surface area contributed by atoms with Crippen LogP contribution < -0.4 is 49.5 Å². The van der Waals surface area contributed by atoms with Crippen molar-refractivity contribution in [1.82, 2.24) is 61.2 Å². The van der Waals surface area contributed by atoms with Gasteiger partial charge in [0, 0.05) is 45.7 Å². The van der Waals surface area contributed by atoms with E-state index in [1.54, 1.807) is 10.9 Å². The molecule has 0 aliphatic carbocycles. The fourth-order valence-electron chi connectivity index (χ4n) is 11.4. The molecular formula is C76H148N16O15. The van der Waals surface area contributed by atoms with Crippen LogP contribution in [0.3, 0.4) is 0 Å². The number of unbranched alkanes of at least 4 members (excludes halogenated alkanes) is 19. The summed E-state index contributed by atoms with van der Waals surface area (Å²) in [6.07, 6.45) is 30.6. The van der Waals surface area contributed by atoms with E-state index >= 15 is 0 Å². The Labute approximate surface area is 641 Å². The van der Waals surface area contributed by atoms with Gasteiger partial charge < -0.3 is 102 Å². The molecule has 31 nitrogen and oxygen atoms in total. The fraction of sp³-hybridized carbons (Fsp3) is 0.868. The summed E-state index contributed by atoms with van der Waals surface area (Å²) in [5.74, 6) is -3.18. The van der Waals surface area contributed by atoms with E-state index in [1.165, 1.54) is 130 Å². The molecule has 107 heavy (non-hydrogen) atoms. The maximum atomic E-state index is 14.6. The maximum Gasteiger partial charge on any atom is 0.407 e. The normalized spacial score (nSPS) is 11.8. The number of aromatic nitrogens is 3. The smallest absolute Gasteiger partial charge is 0.407 e. The first kappa shape index (κ1) is 98.8. The van der Waals surface area contributed by atoms with E-state index < -0.39 is 105 Å². The average molecular weight is 1530 g/mol. The van der Waals surface area contributed by atoms with Gasteiger partial charge in [-0.25, -0.2) is 19.2 Å². The maximum absolute atomic E-state index is 14.6. The van der Waals surface area contributed by atoms with E-state index in [0.29, 0.717) is 104 Å². The first-order chi connectivity index (χ1) is 51.5. The lowest BCUT2D eigenvalue weighted by Crippen LogP contribution is -2.47. The highest BCUT2D eigenvalue weighted by molar-refractivity contribution is 5.82. The molecule has 31 heteroatoms. The number of ether oxygens (including phenoxy) is 7. The van der Waals surface area contributed by atoms with Crippen molar-refractivity contribution in [3.8, 4) is 0 Å². The fourth-order valence-corrected chi connectivity index (χ4v) is 11.4. The minimum Gasteiger partial charge on any atom is -0.464 e. The molecule has 1 rings (SSSR count). The molecule has 1 aromatic rings. The first-order valence-corrected chi connectivity index (χ1v) is 40.3. The van der Waals surface area contributed by atoms with Gasteiger partial charge in [0.1, 0.15) is 68.2 Å². The second-order valence-electron chi connectivity index (χ2n) is 29.8. The molecule has 0 bridgehead atoms.